The predicted molar refractivity (Wildman–Crippen MR) is 126 cm³/mol. The number of nitrogens with one attached hydrogen (secondary N) is 2. The lowest BCUT2D eigenvalue weighted by molar-refractivity contribution is 0.241. The van der Waals surface area contributed by atoms with Crippen molar-refractivity contribution < 1.29 is 14.6 Å². The Balaban J connectivity index is 1.46. The first-order chi connectivity index (χ1) is 16.1. The molecule has 5 N–H and O–H groups in total. The number of nitrogens with two attached hydrogens (primary N) is 1. The number of aromatic hydroxyl groups is 1. The topological polar surface area (TPSA) is 136 Å². The van der Waals surface area contributed by atoms with Gasteiger partial charge in [0.15, 0.2) is 17.0 Å². The summed E-state index contributed by atoms with van der Waals surface area (Å²) < 4.78 is 12.6. The summed E-state index contributed by atoms with van der Waals surface area (Å²) in [5.41, 5.74) is 8.74. The van der Waals surface area contributed by atoms with Gasteiger partial charge in [-0.3, -0.25) is 9.47 Å². The van der Waals surface area contributed by atoms with Crippen molar-refractivity contribution in [2.45, 2.75) is 20.0 Å². The van der Waals surface area contributed by atoms with Crippen molar-refractivity contribution in [2.24, 2.45) is 0 Å². The first-order valence-corrected chi connectivity index (χ1v) is 11.2. The molecule has 0 amide bonds. The highest BCUT2D eigenvalue weighted by Gasteiger charge is 2.18. The predicted octanol–water partition coefficient (Wildman–Crippen LogP) is 0.565. The van der Waals surface area contributed by atoms with E-state index in [0.717, 1.165) is 62.7 Å². The molecule has 1 aliphatic heterocycles. The van der Waals surface area contributed by atoms with Crippen LogP contribution in [0.3, 0.4) is 0 Å². The molecule has 178 valence electrons. The Morgan fingerprint density at radius 3 is 2.79 bits per heavy atom. The smallest absolute Gasteiger partial charge is 0.320 e. The molecule has 0 spiro atoms. The van der Waals surface area contributed by atoms with Gasteiger partial charge in [0.05, 0.1) is 20.3 Å². The Morgan fingerprint density at radius 1 is 1.21 bits per heavy atom. The highest BCUT2D eigenvalue weighted by molar-refractivity contribution is 5.83. The molecule has 1 aromatic carbocycles. The summed E-state index contributed by atoms with van der Waals surface area (Å²) >= 11 is 0. The summed E-state index contributed by atoms with van der Waals surface area (Å²) in [5.74, 6) is 0.886. The molecule has 0 atom stereocenters. The number of hydrogen-bond acceptors (Lipinski definition) is 10. The average Bonchev–Trinajstić information content (AvgIpc) is 3.14. The third kappa shape index (κ3) is 5.44. The lowest BCUT2D eigenvalue weighted by Crippen LogP contribution is -2.45. The molecule has 0 saturated carbocycles. The molecule has 0 bridgehead atoms. The average molecular weight is 457 g/mol. The minimum absolute atomic E-state index is 0.151. The van der Waals surface area contributed by atoms with Gasteiger partial charge in [0.2, 0.25) is 0 Å². The van der Waals surface area contributed by atoms with E-state index in [1.54, 1.807) is 11.7 Å². The summed E-state index contributed by atoms with van der Waals surface area (Å²) in [6.07, 6.45) is 0. The van der Waals surface area contributed by atoms with Crippen molar-refractivity contribution >= 4 is 17.0 Å². The quantitative estimate of drug-likeness (QED) is 0.321. The van der Waals surface area contributed by atoms with Crippen LogP contribution in [0.2, 0.25) is 0 Å². The van der Waals surface area contributed by atoms with Crippen LogP contribution in [-0.4, -0.2) is 82.5 Å². The number of ether oxygens (including phenoxy) is 2. The molecule has 4 rings (SSSR count). The zero-order valence-electron chi connectivity index (χ0n) is 19.2. The van der Waals surface area contributed by atoms with E-state index in [0.29, 0.717) is 24.3 Å². The van der Waals surface area contributed by atoms with E-state index in [9.17, 15) is 5.11 Å². The molecule has 1 fully saturated rings. The van der Waals surface area contributed by atoms with E-state index in [-0.39, 0.29) is 17.8 Å². The first kappa shape index (κ1) is 23.0. The molecular weight excluding hydrogens is 424 g/mol. The Morgan fingerprint density at radius 2 is 2.03 bits per heavy atom. The molecule has 3 aromatic rings. The van der Waals surface area contributed by atoms with Crippen LogP contribution in [0.15, 0.2) is 18.2 Å². The van der Waals surface area contributed by atoms with Gasteiger partial charge >= 0.3 is 6.01 Å². The van der Waals surface area contributed by atoms with E-state index in [1.165, 1.54) is 0 Å². The van der Waals surface area contributed by atoms with Gasteiger partial charge in [-0.15, -0.1) is 0 Å². The number of nitrogen functional groups attached to an aromatic ring is 1. The Labute approximate surface area is 192 Å². The minimum Gasteiger partial charge on any atom is -0.496 e. The summed E-state index contributed by atoms with van der Waals surface area (Å²) in [6, 6.07) is 6.02. The van der Waals surface area contributed by atoms with Crippen LogP contribution in [0.4, 0.5) is 5.82 Å². The first-order valence-electron chi connectivity index (χ1n) is 11.2. The number of fused-ring (bicyclic) bond motifs is 1. The second-order valence-corrected chi connectivity index (χ2v) is 7.91. The van der Waals surface area contributed by atoms with Crippen LogP contribution >= 0.6 is 0 Å². The summed E-state index contributed by atoms with van der Waals surface area (Å²) in [7, 11) is 1.64. The fraction of sp³-hybridized carbons (Fsp3) is 0.500. The van der Waals surface area contributed by atoms with Gasteiger partial charge in [-0.1, -0.05) is 12.1 Å². The Hall–Kier alpha value is -3.15. The normalized spacial score (nSPS) is 14.6. The second kappa shape index (κ2) is 10.6. The van der Waals surface area contributed by atoms with Crippen LogP contribution in [0.1, 0.15) is 18.1 Å². The monoisotopic (exact) mass is 456 g/mol. The second-order valence-electron chi connectivity index (χ2n) is 7.91. The number of benzene rings is 1. The van der Waals surface area contributed by atoms with Crippen molar-refractivity contribution in [3.8, 4) is 17.8 Å². The largest absolute Gasteiger partial charge is 0.496 e. The van der Waals surface area contributed by atoms with Gasteiger partial charge in [0, 0.05) is 51.4 Å². The number of imidazole rings is 1. The van der Waals surface area contributed by atoms with Gasteiger partial charge in [-0.25, -0.2) is 0 Å². The van der Waals surface area contributed by atoms with Crippen molar-refractivity contribution in [1.82, 2.24) is 35.1 Å². The molecule has 0 aliphatic carbocycles. The van der Waals surface area contributed by atoms with Gasteiger partial charge in [-0.2, -0.15) is 15.0 Å². The zero-order valence-corrected chi connectivity index (χ0v) is 19.2. The Kier molecular flexibility index (Phi) is 7.43. The molecule has 0 unspecified atom stereocenters. The van der Waals surface area contributed by atoms with Gasteiger partial charge in [0.25, 0.3) is 6.01 Å². The van der Waals surface area contributed by atoms with Crippen LogP contribution in [0.25, 0.3) is 11.2 Å². The molecule has 0 radical (unpaired) electrons. The SMILES string of the molecule is CCOc1nc(N)c2nc(O)n(Cc3ccc(CNCCN4CCNCC4)cc3OC)c2n1. The number of aromatic nitrogens is 4. The van der Waals surface area contributed by atoms with Crippen LogP contribution in [-0.2, 0) is 13.1 Å². The lowest BCUT2D eigenvalue weighted by atomic mass is 10.1. The number of hydrogen-bond donors (Lipinski definition) is 4. The van der Waals surface area contributed by atoms with Crippen LogP contribution < -0.4 is 25.8 Å². The number of anilines is 1. The van der Waals surface area contributed by atoms with Gasteiger partial charge in [0.1, 0.15) is 5.75 Å². The molecule has 1 saturated heterocycles. The summed E-state index contributed by atoms with van der Waals surface area (Å²) in [5, 5.41) is 17.3. The number of methoxy groups -OCH3 is 1. The number of piperazine rings is 1. The highest BCUT2D eigenvalue weighted by atomic mass is 16.5. The molecule has 11 nitrogen and oxygen atoms in total. The van der Waals surface area contributed by atoms with E-state index in [2.05, 4.69) is 36.6 Å². The maximum atomic E-state index is 10.4. The van der Waals surface area contributed by atoms with Crippen molar-refractivity contribution in [3.05, 3.63) is 29.3 Å². The summed E-state index contributed by atoms with van der Waals surface area (Å²) in [6.45, 7) is 9.60. The maximum Gasteiger partial charge on any atom is 0.320 e. The Bertz CT molecular complexity index is 1080. The number of nitrogens with zero attached hydrogens (tertiary/aromatic N) is 5. The maximum absolute atomic E-state index is 10.4. The fourth-order valence-corrected chi connectivity index (χ4v) is 3.93. The fourth-order valence-electron chi connectivity index (χ4n) is 3.93. The summed E-state index contributed by atoms with van der Waals surface area (Å²) in [4.78, 5) is 15.0. The van der Waals surface area contributed by atoms with Crippen LogP contribution in [0, 0.1) is 0 Å². The molecule has 33 heavy (non-hydrogen) atoms. The lowest BCUT2D eigenvalue weighted by Gasteiger charge is -2.27. The van der Waals surface area contributed by atoms with E-state index < -0.39 is 0 Å². The van der Waals surface area contributed by atoms with E-state index >= 15 is 0 Å². The third-order valence-electron chi connectivity index (χ3n) is 5.68. The molecule has 2 aromatic heterocycles. The van der Waals surface area contributed by atoms with Crippen LogP contribution in [0.5, 0.6) is 17.8 Å². The van der Waals surface area contributed by atoms with Crippen molar-refractivity contribution in [2.75, 3.05) is 58.7 Å². The van der Waals surface area contributed by atoms with Gasteiger partial charge in [-0.05, 0) is 18.6 Å². The zero-order chi connectivity index (χ0) is 23.2. The highest BCUT2D eigenvalue weighted by Crippen LogP contribution is 2.28. The van der Waals surface area contributed by atoms with Crippen molar-refractivity contribution in [3.63, 3.8) is 0 Å². The third-order valence-corrected chi connectivity index (χ3v) is 5.68. The molecule has 1 aliphatic rings. The van der Waals surface area contributed by atoms with Gasteiger partial charge < -0.3 is 30.9 Å². The standard InChI is InChI=1S/C22H32N8O3/c1-3-33-21-27-19(23)18-20(28-21)30(22(31)26-18)14-16-5-4-15(12-17(16)32-2)13-25-8-11-29-9-6-24-7-10-29/h4-5,12,24-25H,3,6-11,13-14H2,1-2H3,(H,26,31)(H2,23,27,28). The molecular formula is C22H32N8O3. The van der Waals surface area contributed by atoms with E-state index in [4.69, 9.17) is 15.2 Å². The molecule has 3 heterocycles. The minimum atomic E-state index is -0.194. The van der Waals surface area contributed by atoms with E-state index in [1.807, 2.05) is 19.1 Å². The molecule has 11 heteroatoms. The number of rotatable bonds is 10. The van der Waals surface area contributed by atoms with Crippen molar-refractivity contribution in [1.29, 1.82) is 0 Å².